The molecule has 148 valence electrons. The number of benzene rings is 2. The standard InChI is InChI=1S/C22H29N5S/c1-18(2)26-12-14-27(15-13-26)21-10-8-19(9-11-21)16-24-25-22(23)28-17-20-6-4-3-5-7-20/h3-11,16,18H,12-15,17H2,1-2H3,(H2,23,25). The minimum atomic E-state index is 0.472. The number of rotatable bonds is 6. The van der Waals surface area contributed by atoms with E-state index in [4.69, 9.17) is 5.73 Å². The van der Waals surface area contributed by atoms with Crippen LogP contribution in [-0.4, -0.2) is 48.5 Å². The molecule has 1 saturated heterocycles. The van der Waals surface area contributed by atoms with Crippen LogP contribution in [0.5, 0.6) is 0 Å². The highest BCUT2D eigenvalue weighted by molar-refractivity contribution is 8.13. The van der Waals surface area contributed by atoms with E-state index in [9.17, 15) is 0 Å². The van der Waals surface area contributed by atoms with Crippen LogP contribution >= 0.6 is 11.8 Å². The molecule has 1 aliphatic heterocycles. The Labute approximate surface area is 172 Å². The van der Waals surface area contributed by atoms with Crippen molar-refractivity contribution in [1.29, 1.82) is 0 Å². The summed E-state index contributed by atoms with van der Waals surface area (Å²) in [5, 5.41) is 8.68. The minimum absolute atomic E-state index is 0.472. The first kappa shape index (κ1) is 20.4. The fourth-order valence-electron chi connectivity index (χ4n) is 3.18. The van der Waals surface area contributed by atoms with Crippen LogP contribution in [0.15, 0.2) is 64.8 Å². The van der Waals surface area contributed by atoms with Crippen LogP contribution in [0.3, 0.4) is 0 Å². The van der Waals surface area contributed by atoms with Gasteiger partial charge in [0.2, 0.25) is 0 Å². The second-order valence-corrected chi connectivity index (χ2v) is 8.16. The third kappa shape index (κ3) is 6.11. The van der Waals surface area contributed by atoms with Gasteiger partial charge in [-0.3, -0.25) is 4.90 Å². The van der Waals surface area contributed by atoms with E-state index in [2.05, 4.69) is 70.2 Å². The van der Waals surface area contributed by atoms with Gasteiger partial charge in [-0.15, -0.1) is 5.10 Å². The molecule has 0 aromatic heterocycles. The summed E-state index contributed by atoms with van der Waals surface area (Å²) in [6.45, 7) is 8.92. The number of piperazine rings is 1. The molecule has 0 radical (unpaired) electrons. The lowest BCUT2D eigenvalue weighted by atomic mass is 10.2. The first-order valence-corrected chi connectivity index (χ1v) is 10.7. The molecule has 1 heterocycles. The van der Waals surface area contributed by atoms with E-state index in [1.165, 1.54) is 23.0 Å². The van der Waals surface area contributed by atoms with Gasteiger partial charge in [0.1, 0.15) is 0 Å². The molecule has 2 aromatic carbocycles. The minimum Gasteiger partial charge on any atom is -0.377 e. The van der Waals surface area contributed by atoms with Crippen LogP contribution in [0.4, 0.5) is 5.69 Å². The van der Waals surface area contributed by atoms with E-state index in [0.29, 0.717) is 11.2 Å². The second kappa shape index (κ2) is 10.3. The summed E-state index contributed by atoms with van der Waals surface area (Å²) in [7, 11) is 0. The predicted molar refractivity (Wildman–Crippen MR) is 122 cm³/mol. The van der Waals surface area contributed by atoms with Crippen molar-refractivity contribution in [3.63, 3.8) is 0 Å². The van der Waals surface area contributed by atoms with Crippen molar-refractivity contribution in [2.75, 3.05) is 31.1 Å². The maximum Gasteiger partial charge on any atom is 0.180 e. The molecule has 1 aliphatic rings. The number of nitrogens with two attached hydrogens (primary N) is 1. The summed E-state index contributed by atoms with van der Waals surface area (Å²) in [4.78, 5) is 4.96. The largest absolute Gasteiger partial charge is 0.377 e. The fraction of sp³-hybridized carbons (Fsp3) is 0.364. The molecule has 0 spiro atoms. The Hall–Kier alpha value is -2.31. The van der Waals surface area contributed by atoms with Crippen molar-refractivity contribution >= 4 is 28.8 Å². The predicted octanol–water partition coefficient (Wildman–Crippen LogP) is 3.80. The monoisotopic (exact) mass is 395 g/mol. The van der Waals surface area contributed by atoms with Crippen molar-refractivity contribution in [2.24, 2.45) is 15.9 Å². The van der Waals surface area contributed by atoms with Crippen LogP contribution in [0.25, 0.3) is 0 Å². The average molecular weight is 396 g/mol. The van der Waals surface area contributed by atoms with E-state index in [0.717, 1.165) is 37.5 Å². The smallest absolute Gasteiger partial charge is 0.180 e. The summed E-state index contributed by atoms with van der Waals surface area (Å²) in [5.41, 5.74) is 9.44. The molecule has 0 amide bonds. The molecule has 5 nitrogen and oxygen atoms in total. The lowest BCUT2D eigenvalue weighted by Crippen LogP contribution is -2.48. The second-order valence-electron chi connectivity index (χ2n) is 7.17. The van der Waals surface area contributed by atoms with Crippen LogP contribution in [0.1, 0.15) is 25.0 Å². The van der Waals surface area contributed by atoms with Crippen molar-refractivity contribution in [3.05, 3.63) is 65.7 Å². The number of nitrogens with zero attached hydrogens (tertiary/aromatic N) is 4. The lowest BCUT2D eigenvalue weighted by Gasteiger charge is -2.38. The topological polar surface area (TPSA) is 57.2 Å². The highest BCUT2D eigenvalue weighted by Crippen LogP contribution is 2.18. The fourth-order valence-corrected chi connectivity index (χ4v) is 3.79. The molecule has 0 unspecified atom stereocenters. The van der Waals surface area contributed by atoms with Crippen LogP contribution in [0.2, 0.25) is 0 Å². The Bertz CT molecular complexity index is 778. The van der Waals surface area contributed by atoms with Crippen LogP contribution < -0.4 is 10.6 Å². The zero-order chi connectivity index (χ0) is 19.8. The normalized spacial score (nSPS) is 16.2. The van der Waals surface area contributed by atoms with Crippen LogP contribution in [-0.2, 0) is 5.75 Å². The van der Waals surface area contributed by atoms with E-state index in [1.54, 1.807) is 6.21 Å². The van der Waals surface area contributed by atoms with Crippen molar-refractivity contribution in [1.82, 2.24) is 4.90 Å². The van der Waals surface area contributed by atoms with Gasteiger partial charge in [-0.2, -0.15) is 5.10 Å². The first-order chi connectivity index (χ1) is 13.6. The molecule has 1 fully saturated rings. The van der Waals surface area contributed by atoms with E-state index in [-0.39, 0.29) is 0 Å². The highest BCUT2D eigenvalue weighted by Gasteiger charge is 2.18. The number of thioether (sulfide) groups is 1. The molecular formula is C22H29N5S. The molecule has 6 heteroatoms. The summed E-state index contributed by atoms with van der Waals surface area (Å²) in [5.74, 6) is 0.796. The van der Waals surface area contributed by atoms with Crippen molar-refractivity contribution in [2.45, 2.75) is 25.6 Å². The van der Waals surface area contributed by atoms with Gasteiger partial charge >= 0.3 is 0 Å². The molecule has 0 aliphatic carbocycles. The average Bonchev–Trinajstić information content (AvgIpc) is 2.73. The van der Waals surface area contributed by atoms with Gasteiger partial charge < -0.3 is 10.6 Å². The van der Waals surface area contributed by atoms with E-state index >= 15 is 0 Å². The molecule has 2 N–H and O–H groups in total. The number of amidine groups is 1. The third-order valence-corrected chi connectivity index (χ3v) is 5.75. The summed E-state index contributed by atoms with van der Waals surface area (Å²) in [6, 6.07) is 19.3. The van der Waals surface area contributed by atoms with Crippen LogP contribution in [0, 0.1) is 0 Å². The molecule has 0 saturated carbocycles. The van der Waals surface area contributed by atoms with Gasteiger partial charge in [0, 0.05) is 43.7 Å². The summed E-state index contributed by atoms with van der Waals surface area (Å²) in [6.07, 6.45) is 1.75. The van der Waals surface area contributed by atoms with E-state index < -0.39 is 0 Å². The molecule has 0 bridgehead atoms. The van der Waals surface area contributed by atoms with Crippen molar-refractivity contribution < 1.29 is 0 Å². The highest BCUT2D eigenvalue weighted by atomic mass is 32.2. The number of hydrogen-bond donors (Lipinski definition) is 1. The Morgan fingerprint density at radius 2 is 1.71 bits per heavy atom. The lowest BCUT2D eigenvalue weighted by molar-refractivity contribution is 0.209. The maximum absolute atomic E-state index is 5.93. The first-order valence-electron chi connectivity index (χ1n) is 9.74. The Balaban J connectivity index is 1.48. The zero-order valence-electron chi connectivity index (χ0n) is 16.7. The Morgan fingerprint density at radius 3 is 2.36 bits per heavy atom. The summed E-state index contributed by atoms with van der Waals surface area (Å²) >= 11 is 1.49. The molecule has 28 heavy (non-hydrogen) atoms. The molecule has 3 rings (SSSR count). The zero-order valence-corrected chi connectivity index (χ0v) is 17.5. The SMILES string of the molecule is CC(C)N1CCN(c2ccc(C=NN=C(N)SCc3ccccc3)cc2)CC1. The van der Waals surface area contributed by atoms with Gasteiger partial charge in [-0.05, 0) is 37.1 Å². The van der Waals surface area contributed by atoms with Gasteiger partial charge in [0.25, 0.3) is 0 Å². The Morgan fingerprint density at radius 1 is 1.04 bits per heavy atom. The van der Waals surface area contributed by atoms with Crippen molar-refractivity contribution in [3.8, 4) is 0 Å². The maximum atomic E-state index is 5.93. The number of hydrogen-bond acceptors (Lipinski definition) is 5. The van der Waals surface area contributed by atoms with Gasteiger partial charge in [0.05, 0.1) is 6.21 Å². The third-order valence-electron chi connectivity index (χ3n) is 4.90. The van der Waals surface area contributed by atoms with E-state index in [1.807, 2.05) is 18.2 Å². The Kier molecular flexibility index (Phi) is 7.51. The molecule has 2 aromatic rings. The molecule has 0 atom stereocenters. The quantitative estimate of drug-likeness (QED) is 0.459. The van der Waals surface area contributed by atoms with Gasteiger partial charge in [-0.1, -0.05) is 54.2 Å². The van der Waals surface area contributed by atoms with Gasteiger partial charge in [-0.25, -0.2) is 0 Å². The van der Waals surface area contributed by atoms with Gasteiger partial charge in [0.15, 0.2) is 5.17 Å². The number of anilines is 1. The molecular weight excluding hydrogens is 366 g/mol. The summed E-state index contributed by atoms with van der Waals surface area (Å²) < 4.78 is 0.